The van der Waals surface area contributed by atoms with Crippen LogP contribution in [0, 0.1) is 12.8 Å². The molecule has 3 aliphatic rings. The summed E-state index contributed by atoms with van der Waals surface area (Å²) in [6, 6.07) is 1.26. The molecule has 2 atom stereocenters. The second-order valence-corrected chi connectivity index (χ2v) is 9.36. The molecule has 0 bridgehead atoms. The molecular weight excluding hydrogens is 411 g/mol. The standard InChI is InChI=1S/C23H31FN6O2/c1-15-12-30(20-4-8-28(14-19(20)24)13-16-2-6-25-7-3-16)22-18(15)10-17(11-26-22)29-9-5-21(31)27-23(29)32/h10-12,16,19-20,25H,2-9,13-14H2,1H3,(H,27,31,32)/t19-,20+/m0/s1. The van der Waals surface area contributed by atoms with Crippen molar-refractivity contribution >= 4 is 28.7 Å². The van der Waals surface area contributed by atoms with E-state index < -0.39 is 12.2 Å². The van der Waals surface area contributed by atoms with Crippen molar-refractivity contribution in [1.82, 2.24) is 25.1 Å². The highest BCUT2D eigenvalue weighted by molar-refractivity contribution is 6.06. The number of piperidine rings is 2. The first-order valence-electron chi connectivity index (χ1n) is 11.7. The molecule has 9 heteroatoms. The lowest BCUT2D eigenvalue weighted by Gasteiger charge is -2.38. The first kappa shape index (κ1) is 21.3. The number of urea groups is 1. The lowest BCUT2D eigenvalue weighted by molar-refractivity contribution is -0.120. The van der Waals surface area contributed by atoms with Gasteiger partial charge in [0.1, 0.15) is 11.8 Å². The molecule has 3 saturated heterocycles. The molecule has 2 N–H and O–H groups in total. The van der Waals surface area contributed by atoms with Crippen molar-refractivity contribution in [1.29, 1.82) is 0 Å². The Morgan fingerprint density at radius 1 is 1.19 bits per heavy atom. The molecule has 3 amide bonds. The number of amides is 3. The van der Waals surface area contributed by atoms with Crippen LogP contribution in [-0.2, 0) is 4.79 Å². The van der Waals surface area contributed by atoms with Crippen molar-refractivity contribution in [3.8, 4) is 0 Å². The largest absolute Gasteiger partial charge is 0.328 e. The molecule has 5 rings (SSSR count). The molecule has 0 saturated carbocycles. The van der Waals surface area contributed by atoms with Gasteiger partial charge in [0, 0.05) is 44.2 Å². The smallest absolute Gasteiger partial charge is 0.326 e. The third kappa shape index (κ3) is 4.11. The Labute approximate surface area is 187 Å². The summed E-state index contributed by atoms with van der Waals surface area (Å²) < 4.78 is 17.3. The summed E-state index contributed by atoms with van der Waals surface area (Å²) >= 11 is 0. The molecule has 0 unspecified atom stereocenters. The maximum absolute atomic E-state index is 15.3. The van der Waals surface area contributed by atoms with Crippen LogP contribution in [0.3, 0.4) is 0 Å². The first-order chi connectivity index (χ1) is 15.5. The van der Waals surface area contributed by atoms with Gasteiger partial charge >= 0.3 is 6.03 Å². The Bertz CT molecular complexity index is 1020. The van der Waals surface area contributed by atoms with Crippen LogP contribution in [0.1, 0.15) is 37.3 Å². The molecule has 2 aromatic heterocycles. The van der Waals surface area contributed by atoms with Gasteiger partial charge in [0.15, 0.2) is 0 Å². The maximum Gasteiger partial charge on any atom is 0.328 e. The Kier molecular flexibility index (Phi) is 5.86. The number of nitrogens with one attached hydrogen (secondary N) is 2. The average molecular weight is 443 g/mol. The molecular formula is C23H31FN6O2. The van der Waals surface area contributed by atoms with Crippen molar-refractivity contribution < 1.29 is 14.0 Å². The van der Waals surface area contributed by atoms with Gasteiger partial charge in [-0.05, 0) is 56.8 Å². The summed E-state index contributed by atoms with van der Waals surface area (Å²) in [5.74, 6) is 0.403. The number of rotatable bonds is 4. The third-order valence-electron chi connectivity index (χ3n) is 7.14. The number of hydrogen-bond acceptors (Lipinski definition) is 5. The Morgan fingerprint density at radius 2 is 2.00 bits per heavy atom. The van der Waals surface area contributed by atoms with Gasteiger partial charge in [-0.15, -0.1) is 0 Å². The van der Waals surface area contributed by atoms with E-state index in [1.165, 1.54) is 17.7 Å². The Hall–Kier alpha value is -2.52. The Morgan fingerprint density at radius 3 is 2.75 bits per heavy atom. The summed E-state index contributed by atoms with van der Waals surface area (Å²) in [4.78, 5) is 32.1. The molecule has 0 spiro atoms. The number of likely N-dealkylation sites (tertiary alicyclic amines) is 1. The van der Waals surface area contributed by atoms with E-state index in [4.69, 9.17) is 0 Å². The highest BCUT2D eigenvalue weighted by Crippen LogP contribution is 2.33. The molecule has 0 radical (unpaired) electrons. The van der Waals surface area contributed by atoms with Crippen molar-refractivity contribution in [2.45, 2.75) is 44.8 Å². The summed E-state index contributed by atoms with van der Waals surface area (Å²) in [5.41, 5.74) is 2.41. The van der Waals surface area contributed by atoms with Crippen LogP contribution < -0.4 is 15.5 Å². The Balaban J connectivity index is 1.32. The zero-order chi connectivity index (χ0) is 22.2. The van der Waals surface area contributed by atoms with Crippen LogP contribution in [0.25, 0.3) is 11.0 Å². The number of aryl methyl sites for hydroxylation is 1. The van der Waals surface area contributed by atoms with Gasteiger partial charge in [-0.3, -0.25) is 15.0 Å². The lowest BCUT2D eigenvalue weighted by atomic mass is 9.95. The molecule has 172 valence electrons. The first-order valence-corrected chi connectivity index (χ1v) is 11.7. The minimum absolute atomic E-state index is 0.232. The van der Waals surface area contributed by atoms with Crippen LogP contribution in [0.15, 0.2) is 18.5 Å². The molecule has 3 fully saturated rings. The van der Waals surface area contributed by atoms with E-state index in [-0.39, 0.29) is 18.4 Å². The number of anilines is 1. The SMILES string of the molecule is Cc1cn([C@@H]2CCN(CC3CCNCC3)C[C@@H]2F)c2ncc(N3CCC(=O)NC3=O)cc12. The van der Waals surface area contributed by atoms with E-state index in [0.717, 1.165) is 49.2 Å². The number of nitrogens with zero attached hydrogens (tertiary/aromatic N) is 4. The molecule has 0 aliphatic carbocycles. The van der Waals surface area contributed by atoms with Crippen molar-refractivity contribution in [3.05, 3.63) is 24.0 Å². The second-order valence-electron chi connectivity index (χ2n) is 9.36. The lowest BCUT2D eigenvalue weighted by Crippen LogP contribution is -2.49. The number of hydrogen-bond donors (Lipinski definition) is 2. The number of aromatic nitrogens is 2. The van der Waals surface area contributed by atoms with Gasteiger partial charge in [0.2, 0.25) is 5.91 Å². The van der Waals surface area contributed by atoms with E-state index in [9.17, 15) is 9.59 Å². The van der Waals surface area contributed by atoms with Crippen LogP contribution in [0.4, 0.5) is 14.9 Å². The fraction of sp³-hybridized carbons (Fsp3) is 0.609. The van der Waals surface area contributed by atoms with Gasteiger partial charge in [0.05, 0.1) is 17.9 Å². The van der Waals surface area contributed by atoms with Gasteiger partial charge in [-0.25, -0.2) is 14.2 Å². The van der Waals surface area contributed by atoms with Gasteiger partial charge in [-0.1, -0.05) is 0 Å². The third-order valence-corrected chi connectivity index (χ3v) is 7.14. The molecule has 5 heterocycles. The van der Waals surface area contributed by atoms with Gasteiger partial charge < -0.3 is 14.8 Å². The molecule has 3 aliphatic heterocycles. The van der Waals surface area contributed by atoms with Crippen LogP contribution in [0.2, 0.25) is 0 Å². The zero-order valence-corrected chi connectivity index (χ0v) is 18.5. The van der Waals surface area contributed by atoms with E-state index in [2.05, 4.69) is 20.5 Å². The number of alkyl halides is 1. The van der Waals surface area contributed by atoms with E-state index in [1.807, 2.05) is 23.8 Å². The minimum atomic E-state index is -0.944. The molecule has 2 aromatic rings. The normalized spacial score (nSPS) is 26.0. The van der Waals surface area contributed by atoms with Gasteiger partial charge in [-0.2, -0.15) is 0 Å². The monoisotopic (exact) mass is 442 g/mol. The average Bonchev–Trinajstić information content (AvgIpc) is 3.10. The van der Waals surface area contributed by atoms with Crippen molar-refractivity contribution in [2.24, 2.45) is 5.92 Å². The number of pyridine rings is 1. The number of carbonyl (C=O) groups is 2. The predicted molar refractivity (Wildman–Crippen MR) is 121 cm³/mol. The predicted octanol–water partition coefficient (Wildman–Crippen LogP) is 2.38. The van der Waals surface area contributed by atoms with E-state index in [0.29, 0.717) is 24.7 Å². The second kappa shape index (κ2) is 8.78. The van der Waals surface area contributed by atoms with Crippen molar-refractivity contribution in [2.75, 3.05) is 44.2 Å². The summed E-state index contributed by atoms with van der Waals surface area (Å²) in [7, 11) is 0. The summed E-state index contributed by atoms with van der Waals surface area (Å²) in [6.07, 6.45) is 6.06. The van der Waals surface area contributed by atoms with Crippen LogP contribution >= 0.6 is 0 Å². The van der Waals surface area contributed by atoms with Crippen molar-refractivity contribution in [3.63, 3.8) is 0 Å². The number of halogens is 1. The number of fused-ring (bicyclic) bond motifs is 1. The van der Waals surface area contributed by atoms with Gasteiger partial charge in [0.25, 0.3) is 0 Å². The highest BCUT2D eigenvalue weighted by atomic mass is 19.1. The maximum atomic E-state index is 15.3. The van der Waals surface area contributed by atoms with Crippen LogP contribution in [-0.4, -0.2) is 71.8 Å². The molecule has 32 heavy (non-hydrogen) atoms. The molecule has 0 aromatic carbocycles. The van der Waals surface area contributed by atoms with E-state index >= 15 is 4.39 Å². The number of carbonyl (C=O) groups excluding carboxylic acids is 2. The topological polar surface area (TPSA) is 82.5 Å². The molecule has 8 nitrogen and oxygen atoms in total. The minimum Gasteiger partial charge on any atom is -0.326 e. The zero-order valence-electron chi connectivity index (χ0n) is 18.5. The van der Waals surface area contributed by atoms with Crippen LogP contribution in [0.5, 0.6) is 0 Å². The van der Waals surface area contributed by atoms with E-state index in [1.54, 1.807) is 6.20 Å². The number of imide groups is 1. The summed E-state index contributed by atoms with van der Waals surface area (Å²) in [5, 5.41) is 6.65. The summed E-state index contributed by atoms with van der Waals surface area (Å²) in [6.45, 7) is 6.81. The highest BCUT2D eigenvalue weighted by Gasteiger charge is 2.33. The fourth-order valence-corrected chi connectivity index (χ4v) is 5.36. The fourth-order valence-electron chi connectivity index (χ4n) is 5.36. The quantitative estimate of drug-likeness (QED) is 0.760.